The van der Waals surface area contributed by atoms with Crippen molar-refractivity contribution in [2.75, 3.05) is 0 Å². The molecule has 7 heteroatoms. The van der Waals surface area contributed by atoms with Crippen LogP contribution in [0.4, 0.5) is 0 Å². The molecule has 0 spiro atoms. The maximum atomic E-state index is 4.81. The number of halogens is 2. The summed E-state index contributed by atoms with van der Waals surface area (Å²) in [5, 5.41) is 0. The van der Waals surface area contributed by atoms with Crippen molar-refractivity contribution in [3.63, 3.8) is 0 Å². The van der Waals surface area contributed by atoms with Gasteiger partial charge in [0.1, 0.15) is 0 Å². The van der Waals surface area contributed by atoms with E-state index in [9.17, 15) is 0 Å². The minimum atomic E-state index is -0.651. The zero-order valence-electron chi connectivity index (χ0n) is 17.5. The molecular weight excluding hydrogens is 717 g/mol. The van der Waals surface area contributed by atoms with E-state index in [1.54, 1.807) is 17.4 Å². The molecule has 0 aromatic heterocycles. The van der Waals surface area contributed by atoms with Crippen LogP contribution in [0.3, 0.4) is 0 Å². The van der Waals surface area contributed by atoms with Crippen LogP contribution in [0.5, 0.6) is 0 Å². The van der Waals surface area contributed by atoms with Crippen molar-refractivity contribution in [3.05, 3.63) is 48.5 Å². The number of hydrogen-bond donors (Lipinski definition) is 0. The van der Waals surface area contributed by atoms with Crippen LogP contribution in [0.1, 0.15) is 0 Å². The number of rotatable bonds is 4. The summed E-state index contributed by atoms with van der Waals surface area (Å²) in [6.45, 7) is 0. The molecule has 0 N–H and O–H groups in total. The van der Waals surface area contributed by atoms with Gasteiger partial charge in [0.25, 0.3) is 0 Å². The van der Waals surface area contributed by atoms with Gasteiger partial charge in [0, 0.05) is 0 Å². The van der Waals surface area contributed by atoms with Crippen molar-refractivity contribution in [2.45, 2.75) is 45.7 Å². The van der Waals surface area contributed by atoms with Crippen molar-refractivity contribution >= 4 is 95.1 Å². The van der Waals surface area contributed by atoms with E-state index in [0.29, 0.717) is 0 Å². The van der Waals surface area contributed by atoms with E-state index in [1.165, 1.54) is 0 Å². The van der Waals surface area contributed by atoms with Crippen LogP contribution in [-0.4, -0.2) is 58.6 Å². The Morgan fingerprint density at radius 2 is 0.630 bits per heavy atom. The second kappa shape index (κ2) is 16.6. The molecule has 2 rings (SSSR count). The van der Waals surface area contributed by atoms with Crippen LogP contribution >= 0.6 is 19.1 Å². The van der Waals surface area contributed by atoms with Crippen LogP contribution in [-0.2, 0) is 15.9 Å². The molecule has 27 heavy (non-hydrogen) atoms. The van der Waals surface area contributed by atoms with Gasteiger partial charge in [0.05, 0.1) is 0 Å². The summed E-state index contributed by atoms with van der Waals surface area (Å²) in [5.74, 6) is 0. The zero-order valence-corrected chi connectivity index (χ0v) is 28.1. The minimum absolute atomic E-state index is 0.106. The first-order chi connectivity index (χ1) is 12.7. The summed E-state index contributed by atoms with van der Waals surface area (Å²) < 4.78 is 6.81. The Bertz CT molecular complexity index is 540. The second-order valence-corrected chi connectivity index (χ2v) is 28.0. The molecule has 0 fully saturated rings. The standard InChI is InChI=1S/2C10H16As2.2ClH.Pd/c2*1-11(2)9-7-5-6-8-10(9)12(3)4;;;/h2*5-8H,1-4H3;2*1H;/q;;;;+2/p-2. The van der Waals surface area contributed by atoms with E-state index in [4.69, 9.17) is 19.1 Å². The van der Waals surface area contributed by atoms with Crippen LogP contribution in [0.15, 0.2) is 48.5 Å². The normalized spacial score (nSPS) is 10.7. The van der Waals surface area contributed by atoms with E-state index < -0.39 is 58.6 Å². The van der Waals surface area contributed by atoms with Gasteiger partial charge in [-0.3, -0.25) is 0 Å². The number of hydrogen-bond acceptors (Lipinski definition) is 0. The maximum absolute atomic E-state index is 4.81. The summed E-state index contributed by atoms with van der Waals surface area (Å²) in [6, 6.07) is 18.1. The van der Waals surface area contributed by atoms with Gasteiger partial charge in [-0.2, -0.15) is 0 Å². The van der Waals surface area contributed by atoms with Gasteiger partial charge in [-0.1, -0.05) is 0 Å². The Balaban J connectivity index is 0.000000438. The molecule has 0 radical (unpaired) electrons. The van der Waals surface area contributed by atoms with E-state index in [1.807, 2.05) is 0 Å². The summed E-state index contributed by atoms with van der Waals surface area (Å²) in [6.07, 6.45) is 0. The zero-order chi connectivity index (χ0) is 21.0. The fourth-order valence-corrected chi connectivity index (χ4v) is 18.9. The Labute approximate surface area is 202 Å². The Kier molecular flexibility index (Phi) is 17.8. The molecule has 2 aromatic rings. The summed E-state index contributed by atoms with van der Waals surface area (Å²) in [7, 11) is 9.63. The van der Waals surface area contributed by atoms with E-state index in [2.05, 4.69) is 94.2 Å². The van der Waals surface area contributed by atoms with Crippen molar-refractivity contribution in [1.82, 2.24) is 0 Å². The predicted octanol–water partition coefficient (Wildman–Crippen LogP) is 4.60. The molecule has 0 bridgehead atoms. The van der Waals surface area contributed by atoms with Crippen molar-refractivity contribution in [2.24, 2.45) is 0 Å². The van der Waals surface area contributed by atoms with Gasteiger partial charge in [-0.15, -0.1) is 0 Å². The topological polar surface area (TPSA) is 0 Å². The molecule has 156 valence electrons. The predicted molar refractivity (Wildman–Crippen MR) is 133 cm³/mol. The Hall–Kier alpha value is 1.92. The second-order valence-electron chi connectivity index (χ2n) is 6.60. The molecule has 0 atom stereocenters. The first kappa shape index (κ1) is 28.9. The molecule has 0 saturated heterocycles. The van der Waals surface area contributed by atoms with Gasteiger partial charge in [-0.25, -0.2) is 0 Å². The molecule has 2 aromatic carbocycles. The molecule has 0 heterocycles. The average molecular weight is 749 g/mol. The monoisotopic (exact) mass is 748 g/mol. The molecule has 0 saturated carbocycles. The fraction of sp³-hybridized carbons (Fsp3) is 0.400. The third-order valence-corrected chi connectivity index (χ3v) is 16.7. The van der Waals surface area contributed by atoms with Gasteiger partial charge in [0.2, 0.25) is 0 Å². The van der Waals surface area contributed by atoms with Gasteiger partial charge >= 0.3 is 205 Å². The quantitative estimate of drug-likeness (QED) is 0.402. The summed E-state index contributed by atoms with van der Waals surface area (Å²) in [5.41, 5.74) is 19.4. The third kappa shape index (κ3) is 11.8. The number of benzene rings is 2. The van der Waals surface area contributed by atoms with E-state index in [-0.39, 0.29) is 15.9 Å². The van der Waals surface area contributed by atoms with Crippen molar-refractivity contribution in [1.29, 1.82) is 0 Å². The molecule has 0 amide bonds. The van der Waals surface area contributed by atoms with Crippen LogP contribution < -0.4 is 17.4 Å². The Morgan fingerprint density at radius 3 is 0.741 bits per heavy atom. The van der Waals surface area contributed by atoms with Crippen molar-refractivity contribution < 1.29 is 15.9 Å². The molecule has 0 aliphatic rings. The van der Waals surface area contributed by atoms with Gasteiger partial charge < -0.3 is 0 Å². The van der Waals surface area contributed by atoms with Crippen LogP contribution in [0, 0.1) is 0 Å². The van der Waals surface area contributed by atoms with Gasteiger partial charge in [-0.05, 0) is 0 Å². The van der Waals surface area contributed by atoms with Crippen molar-refractivity contribution in [3.8, 4) is 0 Å². The van der Waals surface area contributed by atoms with Crippen LogP contribution in [0.25, 0.3) is 0 Å². The van der Waals surface area contributed by atoms with E-state index in [0.717, 1.165) is 0 Å². The summed E-state index contributed by atoms with van der Waals surface area (Å²) >= 11 is -2.71. The Morgan fingerprint density at radius 1 is 0.481 bits per heavy atom. The van der Waals surface area contributed by atoms with Gasteiger partial charge in [0.15, 0.2) is 0 Å². The first-order valence-electron chi connectivity index (χ1n) is 8.37. The van der Waals surface area contributed by atoms with Crippen LogP contribution in [0.2, 0.25) is 45.7 Å². The molecule has 0 aliphatic carbocycles. The average Bonchev–Trinajstić information content (AvgIpc) is 2.62. The molecule has 0 aliphatic heterocycles. The van der Waals surface area contributed by atoms with E-state index >= 15 is 0 Å². The molecular formula is C20H32As4Cl2Pd. The molecule has 0 nitrogen and oxygen atoms in total. The third-order valence-electron chi connectivity index (χ3n) is 3.69. The molecule has 0 unspecified atom stereocenters. The SMILES string of the molecule is C[As](C)c1ccccc1[As](C)C.C[As](C)c1ccccc1[As](C)C.[Cl][Pd][Cl]. The summed E-state index contributed by atoms with van der Waals surface area (Å²) in [4.78, 5) is 0. The fourth-order valence-electron chi connectivity index (χ4n) is 2.44. The first-order valence-corrected chi connectivity index (χ1v) is 31.1.